The van der Waals surface area contributed by atoms with Crippen molar-refractivity contribution in [2.45, 2.75) is 39.0 Å². The van der Waals surface area contributed by atoms with Crippen LogP contribution in [0.15, 0.2) is 41.2 Å². The molecule has 3 N–H and O–H groups in total. The number of hydrogen-bond donors (Lipinski definition) is 2. The molecule has 2 aromatic heterocycles. The topological polar surface area (TPSA) is 103 Å². The highest BCUT2D eigenvalue weighted by atomic mass is 19.4. The molecule has 0 radical (unpaired) electrons. The standard InChI is InChI=1S/C20H20F3N5O2/c1-12-19(30)28(9-3-6-16(24)29)18-15(26-12)7-8-17(27-18)25-11-13-4-2-5-14(10-13)20(21,22)23/h2,4-5,7-8,10H,3,6,9,11H2,1H3,(H2,24,29)(H,25,27). The molecule has 0 unspecified atom stereocenters. The first-order valence-corrected chi connectivity index (χ1v) is 9.21. The van der Waals surface area contributed by atoms with Crippen molar-refractivity contribution < 1.29 is 18.0 Å². The normalized spacial score (nSPS) is 11.6. The number of hydrogen-bond acceptors (Lipinski definition) is 5. The minimum Gasteiger partial charge on any atom is -0.370 e. The lowest BCUT2D eigenvalue weighted by Gasteiger charge is -2.13. The summed E-state index contributed by atoms with van der Waals surface area (Å²) in [4.78, 5) is 32.1. The van der Waals surface area contributed by atoms with Gasteiger partial charge in [-0.1, -0.05) is 12.1 Å². The number of amides is 1. The minimum atomic E-state index is -4.41. The number of nitrogens with two attached hydrogens (primary N) is 1. The molecule has 0 aliphatic heterocycles. The van der Waals surface area contributed by atoms with Gasteiger partial charge in [-0.05, 0) is 43.2 Å². The minimum absolute atomic E-state index is 0.119. The summed E-state index contributed by atoms with van der Waals surface area (Å²) in [5.41, 5.74) is 5.66. The van der Waals surface area contributed by atoms with Crippen LogP contribution in [-0.2, 0) is 24.1 Å². The summed E-state index contributed by atoms with van der Waals surface area (Å²) >= 11 is 0. The quantitative estimate of drug-likeness (QED) is 0.613. The second-order valence-electron chi connectivity index (χ2n) is 6.81. The van der Waals surface area contributed by atoms with Crippen molar-refractivity contribution in [2.75, 3.05) is 5.32 Å². The van der Waals surface area contributed by atoms with Gasteiger partial charge >= 0.3 is 6.18 Å². The van der Waals surface area contributed by atoms with Gasteiger partial charge in [-0.3, -0.25) is 14.2 Å². The molecule has 0 saturated carbocycles. The third-order valence-electron chi connectivity index (χ3n) is 4.49. The van der Waals surface area contributed by atoms with Gasteiger partial charge < -0.3 is 11.1 Å². The maximum atomic E-state index is 12.9. The number of carbonyl (C=O) groups excluding carboxylic acids is 1. The second-order valence-corrected chi connectivity index (χ2v) is 6.81. The van der Waals surface area contributed by atoms with Gasteiger partial charge in [0.15, 0.2) is 5.65 Å². The monoisotopic (exact) mass is 419 g/mol. The average molecular weight is 419 g/mol. The van der Waals surface area contributed by atoms with E-state index in [0.29, 0.717) is 34.7 Å². The number of halogens is 3. The van der Waals surface area contributed by atoms with E-state index in [4.69, 9.17) is 5.73 Å². The maximum Gasteiger partial charge on any atom is 0.416 e. The van der Waals surface area contributed by atoms with Crippen LogP contribution in [-0.4, -0.2) is 20.4 Å². The Labute approximate surface area is 169 Å². The maximum absolute atomic E-state index is 12.9. The Balaban J connectivity index is 1.86. The number of fused-ring (bicyclic) bond motifs is 1. The third-order valence-corrected chi connectivity index (χ3v) is 4.49. The molecule has 0 spiro atoms. The van der Waals surface area contributed by atoms with E-state index in [9.17, 15) is 22.8 Å². The fourth-order valence-electron chi connectivity index (χ4n) is 3.01. The number of nitrogens with one attached hydrogen (secondary N) is 1. The summed E-state index contributed by atoms with van der Waals surface area (Å²) in [6.45, 7) is 1.95. The highest BCUT2D eigenvalue weighted by molar-refractivity contribution is 5.74. The Hall–Kier alpha value is -3.43. The summed E-state index contributed by atoms with van der Waals surface area (Å²) < 4.78 is 40.0. The molecule has 1 aromatic carbocycles. The smallest absolute Gasteiger partial charge is 0.370 e. The molecule has 0 saturated heterocycles. The van der Waals surface area contributed by atoms with Crippen LogP contribution in [0.5, 0.6) is 0 Å². The van der Waals surface area contributed by atoms with E-state index >= 15 is 0 Å². The van der Waals surface area contributed by atoms with Crippen molar-refractivity contribution in [2.24, 2.45) is 5.73 Å². The van der Waals surface area contributed by atoms with Crippen LogP contribution in [0.25, 0.3) is 11.2 Å². The number of nitrogens with zero attached hydrogens (tertiary/aromatic N) is 3. The summed E-state index contributed by atoms with van der Waals surface area (Å²) in [5.74, 6) is -0.0804. The van der Waals surface area contributed by atoms with Crippen LogP contribution in [0.2, 0.25) is 0 Å². The zero-order valence-electron chi connectivity index (χ0n) is 16.2. The number of anilines is 1. The molecule has 3 aromatic rings. The fraction of sp³-hybridized carbons (Fsp3) is 0.300. The van der Waals surface area contributed by atoms with Gasteiger partial charge in [0.1, 0.15) is 17.0 Å². The highest BCUT2D eigenvalue weighted by Crippen LogP contribution is 2.29. The lowest BCUT2D eigenvalue weighted by atomic mass is 10.1. The number of pyridine rings is 1. The first-order valence-electron chi connectivity index (χ1n) is 9.21. The molecule has 7 nitrogen and oxygen atoms in total. The van der Waals surface area contributed by atoms with Gasteiger partial charge in [0.05, 0.1) is 5.56 Å². The first-order chi connectivity index (χ1) is 14.1. The number of rotatable bonds is 7. The van der Waals surface area contributed by atoms with Gasteiger partial charge in [0.2, 0.25) is 5.91 Å². The molecule has 3 rings (SSSR count). The summed E-state index contributed by atoms with van der Waals surface area (Å²) in [7, 11) is 0. The van der Waals surface area contributed by atoms with Gasteiger partial charge in [0.25, 0.3) is 5.56 Å². The Morgan fingerprint density at radius 1 is 1.20 bits per heavy atom. The molecule has 0 aliphatic carbocycles. The number of carbonyl (C=O) groups is 1. The van der Waals surface area contributed by atoms with Crippen LogP contribution >= 0.6 is 0 Å². The molecule has 0 fully saturated rings. The number of benzene rings is 1. The number of aromatic nitrogens is 3. The predicted molar refractivity (Wildman–Crippen MR) is 106 cm³/mol. The van der Waals surface area contributed by atoms with Crippen molar-refractivity contribution in [3.63, 3.8) is 0 Å². The molecule has 10 heteroatoms. The highest BCUT2D eigenvalue weighted by Gasteiger charge is 2.30. The van der Waals surface area contributed by atoms with E-state index in [0.717, 1.165) is 12.1 Å². The molecular formula is C20H20F3N5O2. The van der Waals surface area contributed by atoms with Crippen molar-refractivity contribution in [3.8, 4) is 0 Å². The van der Waals surface area contributed by atoms with Gasteiger partial charge in [0, 0.05) is 19.5 Å². The van der Waals surface area contributed by atoms with E-state index in [1.54, 1.807) is 25.1 Å². The van der Waals surface area contributed by atoms with Crippen LogP contribution in [0, 0.1) is 6.92 Å². The van der Waals surface area contributed by atoms with Crippen LogP contribution < -0.4 is 16.6 Å². The van der Waals surface area contributed by atoms with E-state index < -0.39 is 17.6 Å². The average Bonchev–Trinajstić information content (AvgIpc) is 2.69. The molecule has 0 atom stereocenters. The number of alkyl halides is 3. The van der Waals surface area contributed by atoms with Crippen molar-refractivity contribution in [1.82, 2.24) is 14.5 Å². The molecule has 1 amide bonds. The molecule has 30 heavy (non-hydrogen) atoms. The van der Waals surface area contributed by atoms with Crippen LogP contribution in [0.3, 0.4) is 0 Å². The lowest BCUT2D eigenvalue weighted by Crippen LogP contribution is -2.25. The summed E-state index contributed by atoms with van der Waals surface area (Å²) in [6.07, 6.45) is -3.91. The summed E-state index contributed by atoms with van der Waals surface area (Å²) in [5, 5.41) is 2.97. The van der Waals surface area contributed by atoms with Crippen LogP contribution in [0.1, 0.15) is 29.7 Å². The fourth-order valence-corrected chi connectivity index (χ4v) is 3.01. The number of aryl methyl sites for hydroxylation is 2. The number of primary amides is 1. The molecule has 0 aliphatic rings. The molecule has 2 heterocycles. The zero-order valence-corrected chi connectivity index (χ0v) is 16.2. The Morgan fingerprint density at radius 3 is 2.67 bits per heavy atom. The Kier molecular flexibility index (Phi) is 6.04. The van der Waals surface area contributed by atoms with E-state index in [1.165, 1.54) is 10.6 Å². The van der Waals surface area contributed by atoms with Crippen molar-refractivity contribution >= 4 is 22.9 Å². The van der Waals surface area contributed by atoms with E-state index in [2.05, 4.69) is 15.3 Å². The van der Waals surface area contributed by atoms with Gasteiger partial charge in [-0.15, -0.1) is 0 Å². The largest absolute Gasteiger partial charge is 0.416 e. The van der Waals surface area contributed by atoms with Crippen molar-refractivity contribution in [1.29, 1.82) is 0 Å². The summed E-state index contributed by atoms with van der Waals surface area (Å²) in [6, 6.07) is 8.31. The van der Waals surface area contributed by atoms with E-state index in [1.807, 2.05) is 0 Å². The predicted octanol–water partition coefficient (Wildman–Crippen LogP) is 3.00. The zero-order chi connectivity index (χ0) is 21.9. The van der Waals surface area contributed by atoms with E-state index in [-0.39, 0.29) is 25.1 Å². The second kappa shape index (κ2) is 8.52. The van der Waals surface area contributed by atoms with Gasteiger partial charge in [-0.2, -0.15) is 13.2 Å². The first kappa shape index (κ1) is 21.3. The Morgan fingerprint density at radius 2 is 1.97 bits per heavy atom. The van der Waals surface area contributed by atoms with Gasteiger partial charge in [-0.25, -0.2) is 9.97 Å². The molecular weight excluding hydrogens is 399 g/mol. The van der Waals surface area contributed by atoms with Crippen molar-refractivity contribution in [3.05, 3.63) is 63.6 Å². The lowest BCUT2D eigenvalue weighted by molar-refractivity contribution is -0.137. The Bertz CT molecular complexity index is 1140. The van der Waals surface area contributed by atoms with Crippen LogP contribution in [0.4, 0.5) is 19.0 Å². The molecule has 0 bridgehead atoms. The SMILES string of the molecule is Cc1nc2ccc(NCc3cccc(C(F)(F)F)c3)nc2n(CCCC(N)=O)c1=O. The third kappa shape index (κ3) is 4.94. The molecule has 158 valence electrons.